The summed E-state index contributed by atoms with van der Waals surface area (Å²) in [7, 11) is 1.22. The van der Waals surface area contributed by atoms with E-state index >= 15 is 0 Å². The van der Waals surface area contributed by atoms with E-state index in [4.69, 9.17) is 5.26 Å². The molecule has 0 rings (SSSR count). The average Bonchev–Trinajstić information content (AvgIpc) is 2.13. The molecule has 0 bridgehead atoms. The Bertz CT molecular complexity index is 292. The molecule has 0 radical (unpaired) electrons. The molecule has 2 amide bonds. The van der Waals surface area contributed by atoms with E-state index in [1.54, 1.807) is 6.07 Å². The zero-order valence-electron chi connectivity index (χ0n) is 7.83. The van der Waals surface area contributed by atoms with Crippen LogP contribution in [-0.4, -0.2) is 31.3 Å². The highest BCUT2D eigenvalue weighted by atomic mass is 16.6. The van der Waals surface area contributed by atoms with Gasteiger partial charge in [0.1, 0.15) is 13.2 Å². The zero-order valence-corrected chi connectivity index (χ0v) is 7.83. The summed E-state index contributed by atoms with van der Waals surface area (Å²) in [6.07, 6.45) is 0. The first kappa shape index (κ1) is 11.9. The monoisotopic (exact) mass is 198 g/mol. The molecule has 0 atom stereocenters. The van der Waals surface area contributed by atoms with Crippen molar-refractivity contribution in [3.8, 4) is 6.07 Å². The van der Waals surface area contributed by atoms with Gasteiger partial charge in [-0.25, -0.2) is 0 Å². The summed E-state index contributed by atoms with van der Waals surface area (Å²) >= 11 is 0. The minimum atomic E-state index is -0.705. The molecule has 2 N–H and O–H groups in total. The fraction of sp³-hybridized carbons (Fsp3) is 0.429. The first-order valence-corrected chi connectivity index (χ1v) is 3.65. The van der Waals surface area contributed by atoms with Crippen molar-refractivity contribution in [2.24, 2.45) is 5.16 Å². The predicted octanol–water partition coefficient (Wildman–Crippen LogP) is -1.28. The van der Waals surface area contributed by atoms with Crippen LogP contribution in [0.2, 0.25) is 0 Å². The fourth-order valence-corrected chi connectivity index (χ4v) is 0.537. The fourth-order valence-electron chi connectivity index (χ4n) is 0.537. The lowest BCUT2D eigenvalue weighted by atomic mass is 10.4. The van der Waals surface area contributed by atoms with Crippen LogP contribution in [0.15, 0.2) is 5.16 Å². The van der Waals surface area contributed by atoms with E-state index in [0.29, 0.717) is 0 Å². The topological polar surface area (TPSA) is 104 Å². The largest absolute Gasteiger partial charge is 0.398 e. The standard InChI is InChI=1S/C7H10N4O3/c1-5(12)9-4-10-7(13)6(3-8)11-14-2/h4H2,1-2H3,(H,9,12)(H,10,13)/b11-6+. The summed E-state index contributed by atoms with van der Waals surface area (Å²) in [5, 5.41) is 16.2. The van der Waals surface area contributed by atoms with E-state index in [1.807, 2.05) is 0 Å². The molecule has 0 unspecified atom stereocenters. The number of carbonyl (C=O) groups is 2. The van der Waals surface area contributed by atoms with Crippen molar-refractivity contribution in [3.63, 3.8) is 0 Å². The summed E-state index contributed by atoms with van der Waals surface area (Å²) in [5.74, 6) is -0.990. The average molecular weight is 198 g/mol. The van der Waals surface area contributed by atoms with Gasteiger partial charge < -0.3 is 15.5 Å². The summed E-state index contributed by atoms with van der Waals surface area (Å²) in [6.45, 7) is 1.25. The third kappa shape index (κ3) is 4.71. The first-order chi connectivity index (χ1) is 6.61. The van der Waals surface area contributed by atoms with E-state index in [2.05, 4.69) is 20.6 Å². The van der Waals surface area contributed by atoms with Crippen LogP contribution < -0.4 is 10.6 Å². The number of nitrogens with zero attached hydrogens (tertiary/aromatic N) is 2. The van der Waals surface area contributed by atoms with Crippen LogP contribution in [0.25, 0.3) is 0 Å². The van der Waals surface area contributed by atoms with Crippen molar-refractivity contribution < 1.29 is 14.4 Å². The molecule has 0 aliphatic heterocycles. The van der Waals surface area contributed by atoms with Crippen molar-refractivity contribution in [1.29, 1.82) is 5.26 Å². The number of hydrogen-bond donors (Lipinski definition) is 2. The third-order valence-electron chi connectivity index (χ3n) is 1.09. The van der Waals surface area contributed by atoms with Gasteiger partial charge in [0.05, 0.1) is 6.67 Å². The number of hydrogen-bond acceptors (Lipinski definition) is 5. The van der Waals surface area contributed by atoms with Crippen molar-refractivity contribution in [2.45, 2.75) is 6.92 Å². The van der Waals surface area contributed by atoms with Crippen LogP contribution in [0, 0.1) is 11.3 Å². The highest BCUT2D eigenvalue weighted by Gasteiger charge is 2.10. The minimum Gasteiger partial charge on any atom is -0.398 e. The maximum absolute atomic E-state index is 11.1. The van der Waals surface area contributed by atoms with Gasteiger partial charge in [-0.2, -0.15) is 5.26 Å². The van der Waals surface area contributed by atoms with Gasteiger partial charge in [-0.3, -0.25) is 9.59 Å². The smallest absolute Gasteiger partial charge is 0.285 e. The lowest BCUT2D eigenvalue weighted by molar-refractivity contribution is -0.119. The number of carbonyl (C=O) groups excluding carboxylic acids is 2. The van der Waals surface area contributed by atoms with Crippen LogP contribution in [0.3, 0.4) is 0 Å². The second-order valence-corrected chi connectivity index (χ2v) is 2.15. The van der Waals surface area contributed by atoms with Crippen molar-refractivity contribution >= 4 is 17.5 Å². The second kappa shape index (κ2) is 6.42. The Morgan fingerprint density at radius 1 is 1.50 bits per heavy atom. The Hall–Kier alpha value is -2.10. The van der Waals surface area contributed by atoms with Crippen LogP contribution in [-0.2, 0) is 14.4 Å². The molecule has 0 aromatic rings. The Kier molecular flexibility index (Phi) is 5.46. The van der Waals surface area contributed by atoms with Gasteiger partial charge in [0.15, 0.2) is 0 Å². The Balaban J connectivity index is 4.02. The van der Waals surface area contributed by atoms with Crippen LogP contribution >= 0.6 is 0 Å². The van der Waals surface area contributed by atoms with Crippen LogP contribution in [0.1, 0.15) is 6.92 Å². The predicted molar refractivity (Wildman–Crippen MR) is 46.9 cm³/mol. The molecule has 7 heteroatoms. The summed E-state index contributed by atoms with van der Waals surface area (Å²) in [4.78, 5) is 25.7. The van der Waals surface area contributed by atoms with E-state index in [-0.39, 0.29) is 12.6 Å². The summed E-state index contributed by atoms with van der Waals surface area (Å²) < 4.78 is 0. The summed E-state index contributed by atoms with van der Waals surface area (Å²) in [5.41, 5.74) is -0.405. The quantitative estimate of drug-likeness (QED) is 0.333. The molecule has 0 heterocycles. The molecule has 14 heavy (non-hydrogen) atoms. The summed E-state index contributed by atoms with van der Waals surface area (Å²) in [6, 6.07) is 1.54. The number of rotatable bonds is 4. The molecule has 0 aliphatic carbocycles. The second-order valence-electron chi connectivity index (χ2n) is 2.15. The van der Waals surface area contributed by atoms with Crippen molar-refractivity contribution in [3.05, 3.63) is 0 Å². The van der Waals surface area contributed by atoms with Gasteiger partial charge >= 0.3 is 0 Å². The van der Waals surface area contributed by atoms with E-state index in [1.165, 1.54) is 14.0 Å². The molecule has 0 fully saturated rings. The van der Waals surface area contributed by atoms with Crippen LogP contribution in [0.5, 0.6) is 0 Å². The zero-order chi connectivity index (χ0) is 11.0. The molecule has 7 nitrogen and oxygen atoms in total. The van der Waals surface area contributed by atoms with Gasteiger partial charge in [0.2, 0.25) is 11.6 Å². The lowest BCUT2D eigenvalue weighted by Crippen LogP contribution is -2.39. The molecule has 76 valence electrons. The molecule has 0 spiro atoms. The minimum absolute atomic E-state index is 0.0570. The number of nitrogens with one attached hydrogen (secondary N) is 2. The van der Waals surface area contributed by atoms with Gasteiger partial charge in [0, 0.05) is 6.92 Å². The molecule has 0 aromatic heterocycles. The number of nitriles is 1. The highest BCUT2D eigenvalue weighted by molar-refractivity contribution is 6.45. The normalized spacial score (nSPS) is 9.93. The highest BCUT2D eigenvalue weighted by Crippen LogP contribution is 1.78. The molecule has 0 aliphatic rings. The van der Waals surface area contributed by atoms with Gasteiger partial charge in [-0.15, -0.1) is 0 Å². The molecular weight excluding hydrogens is 188 g/mol. The lowest BCUT2D eigenvalue weighted by Gasteiger charge is -2.02. The maximum atomic E-state index is 11.1. The van der Waals surface area contributed by atoms with Crippen molar-refractivity contribution in [2.75, 3.05) is 13.8 Å². The Morgan fingerprint density at radius 3 is 2.57 bits per heavy atom. The molecular formula is C7H10N4O3. The third-order valence-corrected chi connectivity index (χ3v) is 1.09. The van der Waals surface area contributed by atoms with Gasteiger partial charge in [-0.05, 0) is 0 Å². The maximum Gasteiger partial charge on any atom is 0.285 e. The molecule has 0 saturated carbocycles. The van der Waals surface area contributed by atoms with Gasteiger partial charge in [-0.1, -0.05) is 5.16 Å². The van der Waals surface area contributed by atoms with E-state index in [9.17, 15) is 9.59 Å². The molecule has 0 aromatic carbocycles. The number of oxime groups is 1. The molecule has 0 saturated heterocycles. The van der Waals surface area contributed by atoms with Gasteiger partial charge in [0.25, 0.3) is 5.91 Å². The number of amides is 2. The SMILES string of the molecule is CO/N=C(\C#N)C(=O)NCNC(C)=O. The van der Waals surface area contributed by atoms with Crippen molar-refractivity contribution in [1.82, 2.24) is 10.6 Å². The van der Waals surface area contributed by atoms with E-state index in [0.717, 1.165) is 0 Å². The van der Waals surface area contributed by atoms with Crippen LogP contribution in [0.4, 0.5) is 0 Å². The Morgan fingerprint density at radius 2 is 2.14 bits per heavy atom. The first-order valence-electron chi connectivity index (χ1n) is 3.65. The Labute approximate surface area is 80.7 Å². The van der Waals surface area contributed by atoms with E-state index < -0.39 is 11.6 Å².